The van der Waals surface area contributed by atoms with Crippen LogP contribution in [0.3, 0.4) is 0 Å². The van der Waals surface area contributed by atoms with Gasteiger partial charge in [0.05, 0.1) is 12.1 Å². The average molecular weight is 234 g/mol. The van der Waals surface area contributed by atoms with Crippen molar-refractivity contribution in [3.05, 3.63) is 34.9 Å². The number of pyridine rings is 1. The molecule has 2 aromatic heterocycles. The lowest BCUT2D eigenvalue weighted by molar-refractivity contribution is 1.09. The van der Waals surface area contributed by atoms with Crippen molar-refractivity contribution in [3.8, 4) is 0 Å². The Morgan fingerprint density at radius 2 is 2.31 bits per heavy atom. The second-order valence-electron chi connectivity index (χ2n) is 3.62. The molecule has 1 N–H and O–H groups in total. The van der Waals surface area contributed by atoms with Crippen LogP contribution < -0.4 is 10.2 Å². The summed E-state index contributed by atoms with van der Waals surface area (Å²) in [4.78, 5) is 11.6. The summed E-state index contributed by atoms with van der Waals surface area (Å²) in [6.45, 7) is 0.772. The molecule has 0 fully saturated rings. The molecule has 0 bridgehead atoms. The first-order valence-electron chi connectivity index (χ1n) is 5.00. The van der Waals surface area contributed by atoms with Crippen LogP contribution in [0.2, 0.25) is 0 Å². The third-order valence-electron chi connectivity index (χ3n) is 2.19. The van der Waals surface area contributed by atoms with Crippen LogP contribution in [0.1, 0.15) is 4.88 Å². The number of aromatic nitrogens is 2. The molecule has 0 aromatic carbocycles. The third kappa shape index (κ3) is 2.70. The van der Waals surface area contributed by atoms with Crippen LogP contribution in [0.15, 0.2) is 30.0 Å². The van der Waals surface area contributed by atoms with Crippen LogP contribution in [-0.2, 0) is 6.54 Å². The lowest BCUT2D eigenvalue weighted by Gasteiger charge is -2.13. The van der Waals surface area contributed by atoms with Crippen molar-refractivity contribution < 1.29 is 0 Å². The summed E-state index contributed by atoms with van der Waals surface area (Å²) in [7, 11) is 4.03. The molecule has 84 valence electrons. The fourth-order valence-corrected chi connectivity index (χ4v) is 1.84. The molecule has 16 heavy (non-hydrogen) atoms. The van der Waals surface area contributed by atoms with Gasteiger partial charge in [0.2, 0.25) is 0 Å². The first-order valence-corrected chi connectivity index (χ1v) is 5.88. The second-order valence-corrected chi connectivity index (χ2v) is 4.59. The van der Waals surface area contributed by atoms with Gasteiger partial charge in [0, 0.05) is 43.1 Å². The molecule has 0 aliphatic rings. The second kappa shape index (κ2) is 4.94. The Kier molecular flexibility index (Phi) is 3.36. The lowest BCUT2D eigenvalue weighted by atomic mass is 10.3. The fraction of sp³-hybridized carbons (Fsp3) is 0.273. The molecular formula is C11H14N4S. The van der Waals surface area contributed by atoms with Crippen molar-refractivity contribution in [2.24, 2.45) is 0 Å². The van der Waals surface area contributed by atoms with Gasteiger partial charge >= 0.3 is 0 Å². The van der Waals surface area contributed by atoms with E-state index >= 15 is 0 Å². The minimum atomic E-state index is 0.772. The summed E-state index contributed by atoms with van der Waals surface area (Å²) in [5.41, 5.74) is 2.97. The van der Waals surface area contributed by atoms with Crippen LogP contribution in [0, 0.1) is 0 Å². The predicted molar refractivity (Wildman–Crippen MR) is 68.0 cm³/mol. The zero-order valence-electron chi connectivity index (χ0n) is 9.34. The topological polar surface area (TPSA) is 41.1 Å². The summed E-state index contributed by atoms with van der Waals surface area (Å²) in [5.74, 6) is 0.889. The Bertz CT molecular complexity index is 439. The van der Waals surface area contributed by atoms with Crippen LogP contribution >= 0.6 is 11.3 Å². The zero-order chi connectivity index (χ0) is 11.4. The van der Waals surface area contributed by atoms with Crippen molar-refractivity contribution in [2.75, 3.05) is 24.3 Å². The van der Waals surface area contributed by atoms with E-state index < -0.39 is 0 Å². The van der Waals surface area contributed by atoms with Crippen LogP contribution in [-0.4, -0.2) is 24.1 Å². The number of thiazole rings is 1. The summed E-state index contributed by atoms with van der Waals surface area (Å²) in [6.07, 6.45) is 3.68. The van der Waals surface area contributed by atoms with Gasteiger partial charge in [-0.2, -0.15) is 0 Å². The van der Waals surface area contributed by atoms with Crippen LogP contribution in [0.5, 0.6) is 0 Å². The maximum Gasteiger partial charge on any atom is 0.128 e. The predicted octanol–water partition coefficient (Wildman–Crippen LogP) is 2.22. The van der Waals surface area contributed by atoms with Gasteiger partial charge in [0.25, 0.3) is 0 Å². The normalized spacial score (nSPS) is 10.1. The number of anilines is 2. The summed E-state index contributed by atoms with van der Waals surface area (Å²) in [5, 5.41) is 3.27. The smallest absolute Gasteiger partial charge is 0.128 e. The van der Waals surface area contributed by atoms with E-state index in [9.17, 15) is 0 Å². The molecule has 0 aliphatic carbocycles. The molecule has 0 saturated heterocycles. The fourth-order valence-electron chi connectivity index (χ4n) is 1.30. The number of rotatable bonds is 4. The summed E-state index contributed by atoms with van der Waals surface area (Å²) < 4.78 is 0. The van der Waals surface area contributed by atoms with E-state index in [4.69, 9.17) is 0 Å². The molecule has 0 unspecified atom stereocenters. The molecule has 2 aromatic rings. The number of hydrogen-bond acceptors (Lipinski definition) is 5. The monoisotopic (exact) mass is 234 g/mol. The highest BCUT2D eigenvalue weighted by molar-refractivity contribution is 7.09. The van der Waals surface area contributed by atoms with Crippen molar-refractivity contribution in [3.63, 3.8) is 0 Å². The largest absolute Gasteiger partial charge is 0.378 e. The van der Waals surface area contributed by atoms with Crippen molar-refractivity contribution in [1.82, 2.24) is 9.97 Å². The molecule has 4 nitrogen and oxygen atoms in total. The first-order chi connectivity index (χ1) is 7.75. The van der Waals surface area contributed by atoms with E-state index in [0.717, 1.165) is 18.1 Å². The van der Waals surface area contributed by atoms with Gasteiger partial charge in [-0.25, -0.2) is 4.98 Å². The summed E-state index contributed by atoms with van der Waals surface area (Å²) in [6, 6.07) is 4.01. The highest BCUT2D eigenvalue weighted by Crippen LogP contribution is 2.15. The van der Waals surface area contributed by atoms with Crippen LogP contribution in [0.4, 0.5) is 11.5 Å². The highest BCUT2D eigenvalue weighted by Gasteiger charge is 1.99. The maximum absolute atomic E-state index is 4.27. The van der Waals surface area contributed by atoms with E-state index in [1.165, 1.54) is 4.88 Å². The number of nitrogens with one attached hydrogen (secondary N) is 1. The Morgan fingerprint density at radius 3 is 3.00 bits per heavy atom. The van der Waals surface area contributed by atoms with E-state index in [2.05, 4.69) is 20.2 Å². The Morgan fingerprint density at radius 1 is 1.44 bits per heavy atom. The molecule has 0 spiro atoms. The van der Waals surface area contributed by atoms with Crippen LogP contribution in [0.25, 0.3) is 0 Å². The molecular weight excluding hydrogens is 220 g/mol. The average Bonchev–Trinajstić information content (AvgIpc) is 2.79. The van der Waals surface area contributed by atoms with Gasteiger partial charge < -0.3 is 10.2 Å². The first kappa shape index (κ1) is 10.9. The maximum atomic E-state index is 4.27. The van der Waals surface area contributed by atoms with Crippen molar-refractivity contribution >= 4 is 22.8 Å². The Hall–Kier alpha value is -1.62. The quantitative estimate of drug-likeness (QED) is 0.880. The van der Waals surface area contributed by atoms with Crippen molar-refractivity contribution in [2.45, 2.75) is 6.54 Å². The molecule has 0 saturated carbocycles. The lowest BCUT2D eigenvalue weighted by Crippen LogP contribution is -2.09. The van der Waals surface area contributed by atoms with E-state index in [1.54, 1.807) is 11.3 Å². The van der Waals surface area contributed by atoms with Gasteiger partial charge in [-0.05, 0) is 6.07 Å². The SMILES string of the molecule is CN(C)c1ccnc(NCc2cncs2)c1. The van der Waals surface area contributed by atoms with Gasteiger partial charge in [-0.1, -0.05) is 0 Å². The molecule has 5 heteroatoms. The zero-order valence-corrected chi connectivity index (χ0v) is 10.2. The standard InChI is InChI=1S/C11H14N4S/c1-15(2)9-3-4-13-11(5-9)14-7-10-6-12-8-16-10/h3-6,8H,7H2,1-2H3,(H,13,14). The molecule has 2 rings (SSSR count). The summed E-state index contributed by atoms with van der Waals surface area (Å²) >= 11 is 1.64. The van der Waals surface area contributed by atoms with Gasteiger partial charge in [-0.3, -0.25) is 4.98 Å². The Labute approximate surface area is 99.0 Å². The molecule has 0 aliphatic heterocycles. The van der Waals surface area contributed by atoms with Gasteiger partial charge in [0.15, 0.2) is 0 Å². The molecule has 2 heterocycles. The highest BCUT2D eigenvalue weighted by atomic mass is 32.1. The molecule has 0 amide bonds. The van der Waals surface area contributed by atoms with Gasteiger partial charge in [-0.15, -0.1) is 11.3 Å². The van der Waals surface area contributed by atoms with E-state index in [0.29, 0.717) is 0 Å². The van der Waals surface area contributed by atoms with Gasteiger partial charge in [0.1, 0.15) is 5.82 Å². The van der Waals surface area contributed by atoms with E-state index in [1.807, 2.05) is 44.1 Å². The molecule has 0 radical (unpaired) electrons. The number of nitrogens with zero attached hydrogens (tertiary/aromatic N) is 3. The Balaban J connectivity index is 2.01. The third-order valence-corrected chi connectivity index (χ3v) is 2.97. The number of hydrogen-bond donors (Lipinski definition) is 1. The minimum Gasteiger partial charge on any atom is -0.378 e. The minimum absolute atomic E-state index is 0.772. The van der Waals surface area contributed by atoms with Crippen molar-refractivity contribution in [1.29, 1.82) is 0 Å². The van der Waals surface area contributed by atoms with E-state index in [-0.39, 0.29) is 0 Å². The molecule has 0 atom stereocenters.